The van der Waals surface area contributed by atoms with Crippen molar-refractivity contribution < 1.29 is 4.74 Å². The van der Waals surface area contributed by atoms with Gasteiger partial charge >= 0.3 is 0 Å². The lowest BCUT2D eigenvalue weighted by Crippen LogP contribution is -2.24. The van der Waals surface area contributed by atoms with E-state index in [1.54, 1.807) is 6.07 Å². The topological polar surface area (TPSA) is 45.9 Å². The Balaban J connectivity index is 2.16. The summed E-state index contributed by atoms with van der Waals surface area (Å²) >= 11 is 0. The van der Waals surface area contributed by atoms with E-state index in [2.05, 4.69) is 4.98 Å². The lowest BCUT2D eigenvalue weighted by atomic mass is 9.96. The number of hydrogen-bond acceptors (Lipinski definition) is 3. The molecule has 1 aliphatic carbocycles. The Morgan fingerprint density at radius 2 is 2.29 bits per heavy atom. The fourth-order valence-electron chi connectivity index (χ4n) is 1.44. The Bertz CT molecular complexity index is 377. The second-order valence-corrected chi connectivity index (χ2v) is 3.61. The number of rotatable bonds is 2. The van der Waals surface area contributed by atoms with Crippen molar-refractivity contribution in [3.05, 3.63) is 23.5 Å². The van der Waals surface area contributed by atoms with Gasteiger partial charge in [-0.1, -0.05) is 0 Å². The monoisotopic (exact) mass is 188 g/mol. The number of hydrogen-bond donors (Lipinski definition) is 0. The van der Waals surface area contributed by atoms with Crippen LogP contribution in [0.3, 0.4) is 0 Å². The molecule has 0 amide bonds. The summed E-state index contributed by atoms with van der Waals surface area (Å²) in [7, 11) is 0. The van der Waals surface area contributed by atoms with Gasteiger partial charge in [-0.3, -0.25) is 0 Å². The molecule has 0 saturated heterocycles. The van der Waals surface area contributed by atoms with Crippen molar-refractivity contribution in [2.75, 3.05) is 0 Å². The van der Waals surface area contributed by atoms with Crippen LogP contribution >= 0.6 is 0 Å². The maximum absolute atomic E-state index is 8.72. The van der Waals surface area contributed by atoms with Gasteiger partial charge < -0.3 is 4.74 Å². The zero-order valence-electron chi connectivity index (χ0n) is 8.16. The van der Waals surface area contributed by atoms with Crippen molar-refractivity contribution in [2.24, 2.45) is 0 Å². The van der Waals surface area contributed by atoms with Crippen LogP contribution in [0.4, 0.5) is 0 Å². The van der Waals surface area contributed by atoms with Gasteiger partial charge in [0.15, 0.2) is 0 Å². The van der Waals surface area contributed by atoms with Crippen molar-refractivity contribution in [3.63, 3.8) is 0 Å². The smallest absolute Gasteiger partial charge is 0.144 e. The highest BCUT2D eigenvalue weighted by Crippen LogP contribution is 2.25. The molecular weight excluding hydrogens is 176 g/mol. The molecule has 72 valence electrons. The molecule has 1 heterocycles. The van der Waals surface area contributed by atoms with E-state index in [9.17, 15) is 0 Å². The zero-order chi connectivity index (χ0) is 9.97. The van der Waals surface area contributed by atoms with E-state index >= 15 is 0 Å². The summed E-state index contributed by atoms with van der Waals surface area (Å²) in [5.41, 5.74) is 1.26. The summed E-state index contributed by atoms with van der Waals surface area (Å²) < 4.78 is 5.68. The van der Waals surface area contributed by atoms with Crippen molar-refractivity contribution >= 4 is 0 Å². The van der Waals surface area contributed by atoms with E-state index in [-0.39, 0.29) is 0 Å². The Morgan fingerprint density at radius 3 is 2.86 bits per heavy atom. The number of pyridine rings is 1. The predicted molar refractivity (Wildman–Crippen MR) is 52.0 cm³/mol. The number of aryl methyl sites for hydroxylation is 1. The van der Waals surface area contributed by atoms with Crippen molar-refractivity contribution in [1.82, 2.24) is 4.98 Å². The highest BCUT2D eigenvalue weighted by molar-refractivity contribution is 5.33. The zero-order valence-corrected chi connectivity index (χ0v) is 8.16. The predicted octanol–water partition coefficient (Wildman–Crippen LogP) is 2.19. The third-order valence-corrected chi connectivity index (χ3v) is 2.40. The van der Waals surface area contributed by atoms with Gasteiger partial charge in [-0.25, -0.2) is 4.98 Å². The Kier molecular flexibility index (Phi) is 2.36. The second-order valence-electron chi connectivity index (χ2n) is 3.61. The Labute approximate surface area is 83.3 Å². The minimum absolute atomic E-state index is 0.350. The highest BCUT2D eigenvalue weighted by atomic mass is 16.5. The van der Waals surface area contributed by atoms with Gasteiger partial charge in [0.25, 0.3) is 0 Å². The van der Waals surface area contributed by atoms with Gasteiger partial charge in [-0.15, -0.1) is 0 Å². The molecule has 2 rings (SSSR count). The molecule has 14 heavy (non-hydrogen) atoms. The van der Waals surface area contributed by atoms with Crippen LogP contribution < -0.4 is 4.74 Å². The third-order valence-electron chi connectivity index (χ3n) is 2.40. The van der Waals surface area contributed by atoms with Crippen LogP contribution in [-0.4, -0.2) is 11.1 Å². The van der Waals surface area contributed by atoms with Crippen LogP contribution in [0, 0.1) is 18.3 Å². The number of aromatic nitrogens is 1. The molecule has 0 aliphatic heterocycles. The molecule has 0 spiro atoms. The van der Waals surface area contributed by atoms with Crippen LogP contribution in [0.15, 0.2) is 12.1 Å². The minimum atomic E-state index is 0.350. The molecule has 0 N–H and O–H groups in total. The first kappa shape index (κ1) is 9.01. The number of nitrogens with zero attached hydrogens (tertiary/aromatic N) is 2. The van der Waals surface area contributed by atoms with E-state index in [0.29, 0.717) is 11.8 Å². The first-order valence-electron chi connectivity index (χ1n) is 4.83. The maximum atomic E-state index is 8.72. The number of nitriles is 1. The Morgan fingerprint density at radius 1 is 1.50 bits per heavy atom. The molecule has 1 saturated carbocycles. The van der Waals surface area contributed by atoms with E-state index in [1.807, 2.05) is 19.1 Å². The van der Waals surface area contributed by atoms with E-state index < -0.39 is 0 Å². The molecule has 3 nitrogen and oxygen atoms in total. The molecule has 0 aromatic carbocycles. The number of ether oxygens (including phenoxy) is 1. The van der Waals surface area contributed by atoms with Crippen LogP contribution in [-0.2, 0) is 0 Å². The molecule has 1 fully saturated rings. The lowest BCUT2D eigenvalue weighted by Gasteiger charge is -2.26. The van der Waals surface area contributed by atoms with Crippen molar-refractivity contribution in [2.45, 2.75) is 32.3 Å². The average Bonchev–Trinajstić information content (AvgIpc) is 2.10. The van der Waals surface area contributed by atoms with Crippen molar-refractivity contribution in [1.29, 1.82) is 5.26 Å². The fraction of sp³-hybridized carbons (Fsp3) is 0.455. The average molecular weight is 188 g/mol. The molecule has 1 aliphatic rings. The molecule has 3 heteroatoms. The van der Waals surface area contributed by atoms with Gasteiger partial charge in [0.2, 0.25) is 0 Å². The molecular formula is C11H12N2O. The molecule has 1 aromatic heterocycles. The summed E-state index contributed by atoms with van der Waals surface area (Å²) in [6.07, 6.45) is 3.86. The van der Waals surface area contributed by atoms with Crippen LogP contribution in [0.5, 0.6) is 5.75 Å². The molecule has 0 radical (unpaired) electrons. The SMILES string of the molecule is Cc1cc(OC2CCC2)cc(C#N)n1. The van der Waals surface area contributed by atoms with Crippen LogP contribution in [0.1, 0.15) is 30.7 Å². The lowest BCUT2D eigenvalue weighted by molar-refractivity contribution is 0.120. The van der Waals surface area contributed by atoms with Gasteiger partial charge in [0.1, 0.15) is 17.5 Å². The van der Waals surface area contributed by atoms with Crippen molar-refractivity contribution in [3.8, 4) is 11.8 Å². The van der Waals surface area contributed by atoms with E-state index in [4.69, 9.17) is 10.00 Å². The Hall–Kier alpha value is -1.56. The fourth-order valence-corrected chi connectivity index (χ4v) is 1.44. The molecule has 0 unspecified atom stereocenters. The highest BCUT2D eigenvalue weighted by Gasteiger charge is 2.19. The van der Waals surface area contributed by atoms with E-state index in [0.717, 1.165) is 24.3 Å². The van der Waals surface area contributed by atoms with E-state index in [1.165, 1.54) is 6.42 Å². The summed E-state index contributed by atoms with van der Waals surface area (Å²) in [5, 5.41) is 8.72. The first-order chi connectivity index (χ1) is 6.78. The summed E-state index contributed by atoms with van der Waals surface area (Å²) in [6.45, 7) is 1.87. The summed E-state index contributed by atoms with van der Waals surface area (Å²) in [5.74, 6) is 0.777. The second kappa shape index (κ2) is 3.67. The molecule has 1 aromatic rings. The standard InChI is InChI=1S/C11H12N2O/c1-8-5-11(6-9(7-12)13-8)14-10-3-2-4-10/h5-6,10H,2-4H2,1H3. The first-order valence-corrected chi connectivity index (χ1v) is 4.83. The summed E-state index contributed by atoms with van der Waals surface area (Å²) in [4.78, 5) is 4.06. The minimum Gasteiger partial charge on any atom is -0.490 e. The van der Waals surface area contributed by atoms with Gasteiger partial charge in [0, 0.05) is 17.8 Å². The molecule has 0 atom stereocenters. The normalized spacial score (nSPS) is 15.7. The quantitative estimate of drug-likeness (QED) is 0.714. The van der Waals surface area contributed by atoms with Gasteiger partial charge in [-0.05, 0) is 26.2 Å². The molecule has 0 bridgehead atoms. The van der Waals surface area contributed by atoms with Crippen LogP contribution in [0.2, 0.25) is 0 Å². The third kappa shape index (κ3) is 1.85. The van der Waals surface area contributed by atoms with Gasteiger partial charge in [-0.2, -0.15) is 5.26 Å². The maximum Gasteiger partial charge on any atom is 0.144 e. The van der Waals surface area contributed by atoms with Gasteiger partial charge in [0.05, 0.1) is 6.10 Å². The van der Waals surface area contributed by atoms with Crippen LogP contribution in [0.25, 0.3) is 0 Å². The summed E-state index contributed by atoms with van der Waals surface area (Å²) in [6, 6.07) is 5.60. The largest absolute Gasteiger partial charge is 0.490 e.